The Morgan fingerprint density at radius 2 is 2.07 bits per heavy atom. The molecule has 1 N–H and O–H groups in total. The molecule has 1 aliphatic heterocycles. The molecule has 0 aliphatic carbocycles. The lowest BCUT2D eigenvalue weighted by Crippen LogP contribution is -2.37. The molecular weight excluding hydrogens is 346 g/mol. The number of hydrogen-bond acceptors (Lipinski definition) is 6. The molecule has 7 nitrogen and oxygen atoms in total. The Morgan fingerprint density at radius 1 is 1.30 bits per heavy atom. The molecule has 2 aromatic rings. The number of amides is 1. The maximum absolute atomic E-state index is 11.6. The number of benzene rings is 1. The van der Waals surface area contributed by atoms with E-state index < -0.39 is 0 Å². The van der Waals surface area contributed by atoms with Gasteiger partial charge in [-0.3, -0.25) is 9.69 Å². The third-order valence-electron chi connectivity index (χ3n) is 5.10. The first-order valence-electron chi connectivity index (χ1n) is 9.13. The first-order valence-corrected chi connectivity index (χ1v) is 9.13. The highest BCUT2D eigenvalue weighted by Crippen LogP contribution is 2.38. The predicted octanol–water partition coefficient (Wildman–Crippen LogP) is 2.69. The molecule has 2 heterocycles. The van der Waals surface area contributed by atoms with Gasteiger partial charge in [-0.2, -0.15) is 0 Å². The average molecular weight is 373 g/mol. The summed E-state index contributed by atoms with van der Waals surface area (Å²) in [6, 6.07) is 4.03. The summed E-state index contributed by atoms with van der Waals surface area (Å²) in [7, 11) is 3.27. The number of ether oxygens (including phenoxy) is 2. The van der Waals surface area contributed by atoms with Crippen LogP contribution >= 0.6 is 0 Å². The van der Waals surface area contributed by atoms with Crippen LogP contribution in [-0.4, -0.2) is 49.1 Å². The number of methoxy groups -OCH3 is 2. The zero-order valence-corrected chi connectivity index (χ0v) is 16.6. The van der Waals surface area contributed by atoms with Crippen molar-refractivity contribution in [2.45, 2.75) is 39.8 Å². The largest absolute Gasteiger partial charge is 0.496 e. The number of nitrogens with zero attached hydrogens (tertiary/aromatic N) is 2. The Balaban J connectivity index is 1.89. The maximum Gasteiger partial charge on any atom is 0.230 e. The molecule has 1 aliphatic rings. The summed E-state index contributed by atoms with van der Waals surface area (Å²) >= 11 is 0. The highest BCUT2D eigenvalue weighted by molar-refractivity contribution is 5.76. The summed E-state index contributed by atoms with van der Waals surface area (Å²) in [6.45, 7) is 7.97. The molecule has 1 saturated heterocycles. The van der Waals surface area contributed by atoms with E-state index in [1.807, 2.05) is 26.0 Å². The smallest absolute Gasteiger partial charge is 0.230 e. The quantitative estimate of drug-likeness (QED) is 0.868. The molecule has 3 rings (SSSR count). The lowest BCUT2D eigenvalue weighted by Gasteiger charge is -2.25. The molecule has 146 valence electrons. The molecular formula is C20H27N3O4. The van der Waals surface area contributed by atoms with E-state index >= 15 is 0 Å². The van der Waals surface area contributed by atoms with E-state index in [1.165, 1.54) is 0 Å². The minimum Gasteiger partial charge on any atom is -0.496 e. The van der Waals surface area contributed by atoms with E-state index in [-0.39, 0.29) is 11.9 Å². The average Bonchev–Trinajstić information content (AvgIpc) is 2.94. The van der Waals surface area contributed by atoms with Gasteiger partial charge in [0.25, 0.3) is 0 Å². The third-order valence-corrected chi connectivity index (χ3v) is 5.10. The lowest BCUT2D eigenvalue weighted by molar-refractivity contribution is -0.120. The fourth-order valence-electron chi connectivity index (χ4n) is 3.39. The van der Waals surface area contributed by atoms with Crippen molar-refractivity contribution in [1.82, 2.24) is 15.2 Å². The summed E-state index contributed by atoms with van der Waals surface area (Å²) in [4.78, 5) is 18.6. The number of aromatic nitrogens is 1. The van der Waals surface area contributed by atoms with E-state index in [0.717, 1.165) is 28.3 Å². The predicted molar refractivity (Wildman–Crippen MR) is 102 cm³/mol. The number of carbonyl (C=O) groups excluding carboxylic acids is 1. The van der Waals surface area contributed by atoms with Gasteiger partial charge in [0.1, 0.15) is 17.3 Å². The molecule has 27 heavy (non-hydrogen) atoms. The van der Waals surface area contributed by atoms with Gasteiger partial charge in [0.05, 0.1) is 25.5 Å². The van der Waals surface area contributed by atoms with E-state index in [2.05, 4.69) is 17.1 Å². The van der Waals surface area contributed by atoms with Crippen molar-refractivity contribution < 1.29 is 18.7 Å². The summed E-state index contributed by atoms with van der Waals surface area (Å²) in [5.41, 5.74) is 2.58. The van der Waals surface area contributed by atoms with Gasteiger partial charge in [-0.25, -0.2) is 4.98 Å². The number of carbonyl (C=O) groups is 1. The Hall–Kier alpha value is -2.54. The highest BCUT2D eigenvalue weighted by atomic mass is 16.5. The van der Waals surface area contributed by atoms with Crippen LogP contribution in [0.15, 0.2) is 16.5 Å². The highest BCUT2D eigenvalue weighted by Gasteiger charge is 2.24. The Morgan fingerprint density at radius 3 is 2.78 bits per heavy atom. The second-order valence-corrected chi connectivity index (χ2v) is 6.87. The van der Waals surface area contributed by atoms with Crippen LogP contribution in [0.3, 0.4) is 0 Å². The molecule has 1 atom stereocenters. The van der Waals surface area contributed by atoms with Crippen LogP contribution in [0.1, 0.15) is 30.4 Å². The summed E-state index contributed by atoms with van der Waals surface area (Å²) in [6.07, 6.45) is 0.500. The standard InChI is InChI=1S/C20H27N3O4/c1-12-10-21-18(24)8-9-23(12)11-16-14(3)27-20(22-16)15-6-7-17(25-4)13(2)19(15)26-5/h6-7,12H,8-11H2,1-5H3,(H,21,24)/t12-/m1/s1. The number of oxazole rings is 1. The topological polar surface area (TPSA) is 76.8 Å². The van der Waals surface area contributed by atoms with Crippen LogP contribution in [0.25, 0.3) is 11.5 Å². The zero-order chi connectivity index (χ0) is 19.6. The fraction of sp³-hybridized carbons (Fsp3) is 0.500. The molecule has 0 bridgehead atoms. The molecule has 1 fully saturated rings. The van der Waals surface area contributed by atoms with Crippen LogP contribution in [0.4, 0.5) is 0 Å². The molecule has 1 amide bonds. The van der Waals surface area contributed by atoms with Crippen molar-refractivity contribution in [3.8, 4) is 23.0 Å². The lowest BCUT2D eigenvalue weighted by atomic mass is 10.1. The maximum atomic E-state index is 11.6. The van der Waals surface area contributed by atoms with E-state index in [4.69, 9.17) is 18.9 Å². The van der Waals surface area contributed by atoms with Crippen molar-refractivity contribution in [3.05, 3.63) is 29.2 Å². The molecule has 1 aromatic heterocycles. The second kappa shape index (κ2) is 8.00. The van der Waals surface area contributed by atoms with Crippen molar-refractivity contribution in [2.24, 2.45) is 0 Å². The number of rotatable bonds is 5. The second-order valence-electron chi connectivity index (χ2n) is 6.87. The molecule has 0 saturated carbocycles. The van der Waals surface area contributed by atoms with Crippen molar-refractivity contribution in [1.29, 1.82) is 0 Å². The Kier molecular flexibility index (Phi) is 5.70. The van der Waals surface area contributed by atoms with E-state index in [1.54, 1.807) is 14.2 Å². The van der Waals surface area contributed by atoms with Crippen molar-refractivity contribution in [3.63, 3.8) is 0 Å². The Bertz CT molecular complexity index is 831. The third kappa shape index (κ3) is 3.93. The minimum absolute atomic E-state index is 0.0976. The van der Waals surface area contributed by atoms with Gasteiger partial charge in [-0.1, -0.05) is 0 Å². The van der Waals surface area contributed by atoms with Gasteiger partial charge in [0.15, 0.2) is 0 Å². The molecule has 0 unspecified atom stereocenters. The summed E-state index contributed by atoms with van der Waals surface area (Å²) < 4.78 is 16.9. The summed E-state index contributed by atoms with van der Waals surface area (Å²) in [5.74, 6) is 2.85. The van der Waals surface area contributed by atoms with Crippen molar-refractivity contribution >= 4 is 5.91 Å². The molecule has 1 aromatic carbocycles. The van der Waals surface area contributed by atoms with Gasteiger partial charge in [-0.05, 0) is 32.9 Å². The number of hydrogen-bond donors (Lipinski definition) is 1. The SMILES string of the molecule is COc1ccc(-c2nc(CN3CCC(=O)NC[C@H]3C)c(C)o2)c(OC)c1C. The first kappa shape index (κ1) is 19.2. The fourth-order valence-corrected chi connectivity index (χ4v) is 3.39. The molecule has 7 heteroatoms. The number of nitrogens with one attached hydrogen (secondary N) is 1. The van der Waals surface area contributed by atoms with E-state index in [0.29, 0.717) is 37.7 Å². The number of aryl methyl sites for hydroxylation is 1. The van der Waals surface area contributed by atoms with Gasteiger partial charge < -0.3 is 19.2 Å². The van der Waals surface area contributed by atoms with Crippen LogP contribution < -0.4 is 14.8 Å². The van der Waals surface area contributed by atoms with Gasteiger partial charge in [-0.15, -0.1) is 0 Å². The summed E-state index contributed by atoms with van der Waals surface area (Å²) in [5, 5.41) is 2.93. The first-order chi connectivity index (χ1) is 12.9. The monoisotopic (exact) mass is 373 g/mol. The molecule has 0 radical (unpaired) electrons. The van der Waals surface area contributed by atoms with Crippen LogP contribution in [0.5, 0.6) is 11.5 Å². The van der Waals surface area contributed by atoms with Gasteiger partial charge in [0.2, 0.25) is 11.8 Å². The zero-order valence-electron chi connectivity index (χ0n) is 16.6. The van der Waals surface area contributed by atoms with Crippen LogP contribution in [-0.2, 0) is 11.3 Å². The molecule has 0 spiro atoms. The normalized spacial score (nSPS) is 18.1. The van der Waals surface area contributed by atoms with Crippen molar-refractivity contribution in [2.75, 3.05) is 27.3 Å². The van der Waals surface area contributed by atoms with E-state index in [9.17, 15) is 4.79 Å². The van der Waals surface area contributed by atoms with Gasteiger partial charge in [0, 0.05) is 37.7 Å². The minimum atomic E-state index is 0.0976. The van der Waals surface area contributed by atoms with Crippen LogP contribution in [0, 0.1) is 13.8 Å². The Labute approximate surface area is 159 Å². The van der Waals surface area contributed by atoms with Crippen LogP contribution in [0.2, 0.25) is 0 Å². The van der Waals surface area contributed by atoms with Gasteiger partial charge >= 0.3 is 0 Å².